The molecular formula is C12H18N2O5S. The summed E-state index contributed by atoms with van der Waals surface area (Å²) in [6.45, 7) is 3.62. The van der Waals surface area contributed by atoms with Crippen LogP contribution in [0.15, 0.2) is 24.3 Å². The molecular weight excluding hydrogens is 284 g/mol. The molecule has 1 aromatic carbocycles. The molecule has 7 nitrogen and oxygen atoms in total. The minimum atomic E-state index is -3.65. The highest BCUT2D eigenvalue weighted by atomic mass is 32.2. The second-order valence-electron chi connectivity index (χ2n) is 4.56. The molecule has 0 aliphatic carbocycles. The number of hydrogen-bond acceptors (Lipinski definition) is 4. The topological polar surface area (TPSA) is 105 Å². The summed E-state index contributed by atoms with van der Waals surface area (Å²) >= 11 is 0. The zero-order chi connectivity index (χ0) is 15.2. The normalized spacial score (nSPS) is 11.3. The van der Waals surface area contributed by atoms with Crippen molar-refractivity contribution in [3.05, 3.63) is 24.3 Å². The van der Waals surface area contributed by atoms with E-state index in [4.69, 9.17) is 9.84 Å². The Morgan fingerprint density at radius 2 is 2.10 bits per heavy atom. The number of hydrogen-bond donors (Lipinski definition) is 3. The molecule has 0 aromatic heterocycles. The van der Waals surface area contributed by atoms with Gasteiger partial charge in [0.05, 0.1) is 5.69 Å². The van der Waals surface area contributed by atoms with E-state index in [0.29, 0.717) is 12.2 Å². The highest BCUT2D eigenvalue weighted by Crippen LogP contribution is 2.18. The lowest BCUT2D eigenvalue weighted by molar-refractivity contribution is -0.139. The number of nitrogens with one attached hydrogen (secondary N) is 2. The van der Waals surface area contributed by atoms with Gasteiger partial charge in [-0.15, -0.1) is 0 Å². The Kier molecular flexibility index (Phi) is 5.78. The molecule has 3 N–H and O–H groups in total. The van der Waals surface area contributed by atoms with Crippen molar-refractivity contribution in [2.75, 3.05) is 17.9 Å². The van der Waals surface area contributed by atoms with Gasteiger partial charge in [0, 0.05) is 12.6 Å². The Morgan fingerprint density at radius 3 is 2.70 bits per heavy atom. The first-order valence-corrected chi connectivity index (χ1v) is 7.49. The van der Waals surface area contributed by atoms with Crippen LogP contribution in [0.25, 0.3) is 0 Å². The van der Waals surface area contributed by atoms with Gasteiger partial charge in [-0.25, -0.2) is 4.79 Å². The predicted octanol–water partition coefficient (Wildman–Crippen LogP) is 1.05. The molecule has 1 aromatic rings. The third-order valence-corrected chi connectivity index (χ3v) is 3.18. The summed E-state index contributed by atoms with van der Waals surface area (Å²) in [6.07, 6.45) is 0. The van der Waals surface area contributed by atoms with E-state index in [1.807, 2.05) is 13.8 Å². The molecule has 0 fully saturated rings. The van der Waals surface area contributed by atoms with E-state index in [9.17, 15) is 13.2 Å². The Bertz CT molecular complexity index is 557. The first-order chi connectivity index (χ1) is 9.28. The van der Waals surface area contributed by atoms with Gasteiger partial charge in [-0.1, -0.05) is 19.9 Å². The summed E-state index contributed by atoms with van der Waals surface area (Å²) < 4.78 is 33.2. The lowest BCUT2D eigenvalue weighted by Gasteiger charge is -2.11. The standard InChI is InChI=1S/C12H18N2O5S/c1-9(2)7-13-20(17,18)14-10-4-3-5-11(6-10)19-8-12(15)16/h3-6,9,13-14H,7-8H2,1-2H3,(H,15,16). The van der Waals surface area contributed by atoms with Crippen molar-refractivity contribution >= 4 is 21.9 Å². The third-order valence-electron chi connectivity index (χ3n) is 2.13. The van der Waals surface area contributed by atoms with Crippen LogP contribution in [-0.2, 0) is 15.0 Å². The summed E-state index contributed by atoms with van der Waals surface area (Å²) in [7, 11) is -3.65. The largest absolute Gasteiger partial charge is 0.482 e. The van der Waals surface area contributed by atoms with Crippen LogP contribution >= 0.6 is 0 Å². The molecule has 0 unspecified atom stereocenters. The molecule has 0 atom stereocenters. The van der Waals surface area contributed by atoms with E-state index < -0.39 is 22.8 Å². The number of carboxylic acids is 1. The van der Waals surface area contributed by atoms with Crippen molar-refractivity contribution in [1.29, 1.82) is 0 Å². The highest BCUT2D eigenvalue weighted by molar-refractivity contribution is 7.90. The Morgan fingerprint density at radius 1 is 1.40 bits per heavy atom. The van der Waals surface area contributed by atoms with Gasteiger partial charge in [-0.3, -0.25) is 4.72 Å². The number of carbonyl (C=O) groups is 1. The van der Waals surface area contributed by atoms with Crippen LogP contribution in [0.5, 0.6) is 5.75 Å². The van der Waals surface area contributed by atoms with Gasteiger partial charge in [0.1, 0.15) is 5.75 Å². The Labute approximate surface area is 118 Å². The number of benzene rings is 1. The van der Waals surface area contributed by atoms with Crippen LogP contribution < -0.4 is 14.2 Å². The summed E-state index contributed by atoms with van der Waals surface area (Å²) in [4.78, 5) is 10.4. The minimum absolute atomic E-state index is 0.191. The molecule has 0 saturated carbocycles. The summed E-state index contributed by atoms with van der Waals surface area (Å²) in [5.41, 5.74) is 0.296. The SMILES string of the molecule is CC(C)CNS(=O)(=O)Nc1cccc(OCC(=O)O)c1. The van der Waals surface area contributed by atoms with E-state index in [1.54, 1.807) is 18.2 Å². The van der Waals surface area contributed by atoms with Crippen LogP contribution in [0.2, 0.25) is 0 Å². The number of rotatable bonds is 8. The number of ether oxygens (including phenoxy) is 1. The number of carboxylic acid groups (broad SMARTS) is 1. The van der Waals surface area contributed by atoms with Crippen molar-refractivity contribution < 1.29 is 23.1 Å². The molecule has 0 radical (unpaired) electrons. The van der Waals surface area contributed by atoms with Crippen LogP contribution in [0.4, 0.5) is 5.69 Å². The number of aliphatic carboxylic acids is 1. The second-order valence-corrected chi connectivity index (χ2v) is 6.06. The van der Waals surface area contributed by atoms with Crippen LogP contribution in [-0.4, -0.2) is 32.6 Å². The Balaban J connectivity index is 2.67. The highest BCUT2D eigenvalue weighted by Gasteiger charge is 2.10. The second kappa shape index (κ2) is 7.11. The lowest BCUT2D eigenvalue weighted by atomic mass is 10.2. The molecule has 0 heterocycles. The maximum atomic E-state index is 11.7. The van der Waals surface area contributed by atoms with Gasteiger partial charge >= 0.3 is 5.97 Å². The first kappa shape index (κ1) is 16.3. The quantitative estimate of drug-likeness (QED) is 0.666. The van der Waals surface area contributed by atoms with Gasteiger partial charge in [-0.2, -0.15) is 13.1 Å². The number of anilines is 1. The van der Waals surface area contributed by atoms with Crippen LogP contribution in [0.3, 0.4) is 0 Å². The predicted molar refractivity (Wildman–Crippen MR) is 75.0 cm³/mol. The fourth-order valence-electron chi connectivity index (χ4n) is 1.26. The Hall–Kier alpha value is -1.80. The molecule has 0 bridgehead atoms. The lowest BCUT2D eigenvalue weighted by Crippen LogP contribution is -2.32. The maximum absolute atomic E-state index is 11.7. The van der Waals surface area contributed by atoms with E-state index in [-0.39, 0.29) is 11.7 Å². The molecule has 1 rings (SSSR count). The minimum Gasteiger partial charge on any atom is -0.482 e. The van der Waals surface area contributed by atoms with Crippen molar-refractivity contribution in [2.45, 2.75) is 13.8 Å². The fourth-order valence-corrected chi connectivity index (χ4v) is 2.32. The molecule has 0 aliphatic rings. The third kappa shape index (κ3) is 6.39. The van der Waals surface area contributed by atoms with E-state index in [2.05, 4.69) is 9.44 Å². The zero-order valence-corrected chi connectivity index (χ0v) is 12.1. The zero-order valence-electron chi connectivity index (χ0n) is 11.3. The van der Waals surface area contributed by atoms with Crippen LogP contribution in [0.1, 0.15) is 13.8 Å². The monoisotopic (exact) mass is 302 g/mol. The first-order valence-electron chi connectivity index (χ1n) is 6.00. The summed E-state index contributed by atoms with van der Waals surface area (Å²) in [5, 5.41) is 8.51. The summed E-state index contributed by atoms with van der Waals surface area (Å²) in [5.74, 6) is -0.636. The van der Waals surface area contributed by atoms with Gasteiger partial charge < -0.3 is 9.84 Å². The van der Waals surface area contributed by atoms with Crippen LogP contribution in [0, 0.1) is 5.92 Å². The van der Waals surface area contributed by atoms with Gasteiger partial charge in [0.2, 0.25) is 0 Å². The van der Waals surface area contributed by atoms with E-state index in [0.717, 1.165) is 0 Å². The van der Waals surface area contributed by atoms with Crippen molar-refractivity contribution in [3.8, 4) is 5.75 Å². The molecule has 20 heavy (non-hydrogen) atoms. The van der Waals surface area contributed by atoms with Crippen molar-refractivity contribution in [2.24, 2.45) is 5.92 Å². The van der Waals surface area contributed by atoms with Gasteiger partial charge in [-0.05, 0) is 18.1 Å². The average Bonchev–Trinajstić information content (AvgIpc) is 2.34. The van der Waals surface area contributed by atoms with E-state index in [1.165, 1.54) is 6.07 Å². The smallest absolute Gasteiger partial charge is 0.341 e. The molecule has 0 amide bonds. The fraction of sp³-hybridized carbons (Fsp3) is 0.417. The van der Waals surface area contributed by atoms with Gasteiger partial charge in [0.25, 0.3) is 10.2 Å². The molecule has 0 spiro atoms. The molecule has 8 heteroatoms. The average molecular weight is 302 g/mol. The van der Waals surface area contributed by atoms with Crippen molar-refractivity contribution in [1.82, 2.24) is 4.72 Å². The molecule has 112 valence electrons. The molecule has 0 aliphatic heterocycles. The summed E-state index contributed by atoms with van der Waals surface area (Å²) in [6, 6.07) is 6.07. The van der Waals surface area contributed by atoms with Gasteiger partial charge in [0.15, 0.2) is 6.61 Å². The molecule has 0 saturated heterocycles. The van der Waals surface area contributed by atoms with E-state index >= 15 is 0 Å². The maximum Gasteiger partial charge on any atom is 0.341 e. The van der Waals surface area contributed by atoms with Crippen molar-refractivity contribution in [3.63, 3.8) is 0 Å².